The van der Waals surface area contributed by atoms with Gasteiger partial charge in [0.05, 0.1) is 16.8 Å². The molecule has 1 saturated heterocycles. The zero-order valence-corrected chi connectivity index (χ0v) is 19.8. The van der Waals surface area contributed by atoms with Crippen LogP contribution in [0.4, 0.5) is 5.69 Å². The Morgan fingerprint density at radius 2 is 1.65 bits per heavy atom. The van der Waals surface area contributed by atoms with Crippen LogP contribution in [0, 0.1) is 20.8 Å². The summed E-state index contributed by atoms with van der Waals surface area (Å²) >= 11 is 0. The molecule has 0 unspecified atom stereocenters. The fourth-order valence-corrected chi connectivity index (χ4v) is 4.88. The van der Waals surface area contributed by atoms with Gasteiger partial charge in [0.1, 0.15) is 13.2 Å². The largest absolute Gasteiger partial charge is 0.486 e. The predicted molar refractivity (Wildman–Crippen MR) is 131 cm³/mol. The Bertz CT molecular complexity index is 1270. The van der Waals surface area contributed by atoms with E-state index in [1.807, 2.05) is 66.6 Å². The summed E-state index contributed by atoms with van der Waals surface area (Å²) in [5, 5.41) is 3.01. The lowest BCUT2D eigenvalue weighted by molar-refractivity contribution is 0.0793. The fourth-order valence-electron chi connectivity index (χ4n) is 4.88. The van der Waals surface area contributed by atoms with E-state index in [2.05, 4.69) is 5.32 Å². The van der Waals surface area contributed by atoms with Crippen molar-refractivity contribution in [2.45, 2.75) is 33.6 Å². The summed E-state index contributed by atoms with van der Waals surface area (Å²) < 4.78 is 13.4. The third-order valence-corrected chi connectivity index (χ3v) is 6.59. The van der Waals surface area contributed by atoms with E-state index < -0.39 is 0 Å². The van der Waals surface area contributed by atoms with Gasteiger partial charge in [0, 0.05) is 36.2 Å². The van der Waals surface area contributed by atoms with Crippen molar-refractivity contribution in [2.75, 3.05) is 31.6 Å². The lowest BCUT2D eigenvalue weighted by Crippen LogP contribution is -2.29. The lowest BCUT2D eigenvalue weighted by Gasteiger charge is -2.20. The first kappa shape index (κ1) is 22.1. The van der Waals surface area contributed by atoms with Crippen molar-refractivity contribution < 1.29 is 19.1 Å². The average molecular weight is 460 g/mol. The number of amides is 2. The molecule has 0 saturated carbocycles. The number of fused-ring (bicyclic) bond motifs is 1. The molecule has 1 aromatic heterocycles. The number of nitrogens with one attached hydrogen (secondary N) is 1. The van der Waals surface area contributed by atoms with Gasteiger partial charge >= 0.3 is 0 Å². The molecule has 2 aromatic carbocycles. The number of anilines is 1. The molecule has 0 bridgehead atoms. The molecule has 1 N–H and O–H groups in total. The van der Waals surface area contributed by atoms with E-state index in [0.29, 0.717) is 35.8 Å². The highest BCUT2D eigenvalue weighted by atomic mass is 16.6. The van der Waals surface area contributed by atoms with Gasteiger partial charge in [0.25, 0.3) is 11.8 Å². The van der Waals surface area contributed by atoms with E-state index in [9.17, 15) is 9.59 Å². The number of aryl methyl sites for hydroxylation is 2. The van der Waals surface area contributed by atoms with Crippen LogP contribution < -0.4 is 14.8 Å². The Hall–Kier alpha value is -3.74. The number of ether oxygens (including phenoxy) is 2. The molecule has 3 heterocycles. The molecule has 2 aliphatic rings. The third-order valence-electron chi connectivity index (χ3n) is 6.59. The van der Waals surface area contributed by atoms with Crippen LogP contribution in [0.1, 0.15) is 50.5 Å². The van der Waals surface area contributed by atoms with Crippen molar-refractivity contribution in [3.8, 4) is 17.2 Å². The van der Waals surface area contributed by atoms with Crippen LogP contribution in [0.5, 0.6) is 11.5 Å². The van der Waals surface area contributed by atoms with Crippen LogP contribution in [-0.4, -0.2) is 47.6 Å². The average Bonchev–Trinajstić information content (AvgIpc) is 3.47. The van der Waals surface area contributed by atoms with E-state index in [1.165, 1.54) is 0 Å². The summed E-state index contributed by atoms with van der Waals surface area (Å²) in [5.41, 5.74) is 5.18. The number of carbonyl (C=O) groups is 2. The predicted octanol–water partition coefficient (Wildman–Crippen LogP) is 4.66. The van der Waals surface area contributed by atoms with Crippen LogP contribution in [0.25, 0.3) is 5.69 Å². The van der Waals surface area contributed by atoms with Crippen LogP contribution in [0.3, 0.4) is 0 Å². The maximum Gasteiger partial charge on any atom is 0.257 e. The molecule has 176 valence electrons. The van der Waals surface area contributed by atoms with Gasteiger partial charge in [-0.15, -0.1) is 0 Å². The first-order valence-corrected chi connectivity index (χ1v) is 11.7. The van der Waals surface area contributed by atoms with Crippen LogP contribution in [0.2, 0.25) is 0 Å². The van der Waals surface area contributed by atoms with E-state index in [-0.39, 0.29) is 11.8 Å². The smallest absolute Gasteiger partial charge is 0.257 e. The van der Waals surface area contributed by atoms with Crippen LogP contribution in [0.15, 0.2) is 42.5 Å². The second-order valence-electron chi connectivity index (χ2n) is 8.90. The fraction of sp³-hybridized carbons (Fsp3) is 0.333. The highest BCUT2D eigenvalue weighted by Gasteiger charge is 2.25. The Labute approximate surface area is 199 Å². The molecular formula is C27H29N3O4. The minimum Gasteiger partial charge on any atom is -0.486 e. The first-order valence-electron chi connectivity index (χ1n) is 11.7. The second-order valence-corrected chi connectivity index (χ2v) is 8.90. The maximum absolute atomic E-state index is 13.4. The lowest BCUT2D eigenvalue weighted by atomic mass is 10.0. The van der Waals surface area contributed by atoms with Crippen molar-refractivity contribution in [2.24, 2.45) is 0 Å². The second kappa shape index (κ2) is 8.89. The molecule has 2 amide bonds. The molecule has 7 heteroatoms. The molecule has 5 rings (SSSR count). The minimum atomic E-state index is -0.238. The normalized spacial score (nSPS) is 14.9. The summed E-state index contributed by atoms with van der Waals surface area (Å²) in [6.07, 6.45) is 2.04. The molecule has 3 aromatic rings. The quantitative estimate of drug-likeness (QED) is 0.616. The SMILES string of the molecule is Cc1cccc(NC(=O)c2cc(C)n(-c3ccc4c(c3)OCCO4)c2C)c1C(=O)N1CCCC1. The van der Waals surface area contributed by atoms with Gasteiger partial charge in [-0.2, -0.15) is 0 Å². The topological polar surface area (TPSA) is 72.8 Å². The number of aromatic nitrogens is 1. The summed E-state index contributed by atoms with van der Waals surface area (Å²) in [6, 6.07) is 13.2. The summed E-state index contributed by atoms with van der Waals surface area (Å²) in [6.45, 7) is 8.38. The number of hydrogen-bond donors (Lipinski definition) is 1. The summed E-state index contributed by atoms with van der Waals surface area (Å²) in [4.78, 5) is 28.4. The van der Waals surface area contributed by atoms with E-state index in [4.69, 9.17) is 9.47 Å². The molecule has 7 nitrogen and oxygen atoms in total. The number of nitrogens with zero attached hydrogens (tertiary/aromatic N) is 2. The molecule has 0 atom stereocenters. The van der Waals surface area contributed by atoms with Crippen molar-refractivity contribution in [3.63, 3.8) is 0 Å². The van der Waals surface area contributed by atoms with Crippen molar-refractivity contribution in [1.82, 2.24) is 9.47 Å². The monoisotopic (exact) mass is 459 g/mol. The zero-order chi connectivity index (χ0) is 23.8. The van der Waals surface area contributed by atoms with Gasteiger partial charge in [-0.3, -0.25) is 9.59 Å². The van der Waals surface area contributed by atoms with Gasteiger partial charge in [0.15, 0.2) is 11.5 Å². The van der Waals surface area contributed by atoms with Gasteiger partial charge in [-0.05, 0) is 63.4 Å². The molecule has 2 aliphatic heterocycles. The summed E-state index contributed by atoms with van der Waals surface area (Å²) in [5.74, 6) is 1.17. The number of benzene rings is 2. The van der Waals surface area contributed by atoms with Gasteiger partial charge in [-0.1, -0.05) is 12.1 Å². The Morgan fingerprint density at radius 3 is 2.41 bits per heavy atom. The Kier molecular flexibility index (Phi) is 5.77. The number of hydrogen-bond acceptors (Lipinski definition) is 4. The van der Waals surface area contributed by atoms with Crippen molar-refractivity contribution in [1.29, 1.82) is 0 Å². The Morgan fingerprint density at radius 1 is 0.912 bits per heavy atom. The highest BCUT2D eigenvalue weighted by molar-refractivity contribution is 6.10. The van der Waals surface area contributed by atoms with Gasteiger partial charge in [0.2, 0.25) is 0 Å². The molecular weight excluding hydrogens is 430 g/mol. The molecule has 0 radical (unpaired) electrons. The standard InChI is InChI=1S/C27H29N3O4/c1-17-7-6-8-22(25(17)27(32)29-11-4-5-12-29)28-26(31)21-15-18(2)30(19(21)3)20-9-10-23-24(16-20)34-14-13-33-23/h6-10,15-16H,4-5,11-14H2,1-3H3,(H,28,31). The zero-order valence-electron chi connectivity index (χ0n) is 19.8. The third kappa shape index (κ3) is 3.91. The number of likely N-dealkylation sites (tertiary alicyclic amines) is 1. The van der Waals surface area contributed by atoms with Crippen LogP contribution >= 0.6 is 0 Å². The van der Waals surface area contributed by atoms with Crippen molar-refractivity contribution in [3.05, 3.63) is 70.5 Å². The summed E-state index contributed by atoms with van der Waals surface area (Å²) in [7, 11) is 0. The van der Waals surface area contributed by atoms with Gasteiger partial charge < -0.3 is 24.3 Å². The van der Waals surface area contributed by atoms with Gasteiger partial charge in [-0.25, -0.2) is 0 Å². The molecule has 1 fully saturated rings. The van der Waals surface area contributed by atoms with Crippen molar-refractivity contribution >= 4 is 17.5 Å². The van der Waals surface area contributed by atoms with E-state index in [0.717, 1.165) is 54.3 Å². The van der Waals surface area contributed by atoms with E-state index >= 15 is 0 Å². The first-order chi connectivity index (χ1) is 16.4. The molecule has 34 heavy (non-hydrogen) atoms. The number of rotatable bonds is 4. The molecule has 0 spiro atoms. The molecule has 0 aliphatic carbocycles. The maximum atomic E-state index is 13.4. The Balaban J connectivity index is 1.45. The van der Waals surface area contributed by atoms with Crippen LogP contribution in [-0.2, 0) is 0 Å². The highest BCUT2D eigenvalue weighted by Crippen LogP contribution is 2.34. The number of carbonyl (C=O) groups excluding carboxylic acids is 2. The minimum absolute atomic E-state index is 0.0207. The van der Waals surface area contributed by atoms with E-state index in [1.54, 1.807) is 6.07 Å².